The number of carbonyl (C=O) groups is 1. The topological polar surface area (TPSA) is 113 Å². The van der Waals surface area contributed by atoms with Crippen LogP contribution in [0.4, 0.5) is 27.8 Å². The van der Waals surface area contributed by atoms with Crippen molar-refractivity contribution in [3.63, 3.8) is 0 Å². The number of rotatable bonds is 2. The number of nitrogen functional groups attached to an aromatic ring is 1. The number of aliphatic imine (C=N–C) groups is 1. The molecule has 3 aromatic rings. The van der Waals surface area contributed by atoms with Crippen LogP contribution in [0.15, 0.2) is 53.5 Å². The van der Waals surface area contributed by atoms with Gasteiger partial charge in [-0.15, -0.1) is 0 Å². The molecule has 2 heterocycles. The maximum absolute atomic E-state index is 10.8. The van der Waals surface area contributed by atoms with E-state index in [9.17, 15) is 4.79 Å². The number of nitrogens with zero attached hydrogens (tertiary/aromatic N) is 2. The number of hydrogen-bond acceptors (Lipinski definition) is 5. The second kappa shape index (κ2) is 5.79. The van der Waals surface area contributed by atoms with E-state index in [1.54, 1.807) is 6.07 Å². The van der Waals surface area contributed by atoms with Gasteiger partial charge in [0.2, 0.25) is 0 Å². The molecule has 25 heavy (non-hydrogen) atoms. The average Bonchev–Trinajstić information content (AvgIpc) is 2.60. The molecule has 0 spiro atoms. The van der Waals surface area contributed by atoms with Crippen LogP contribution in [0.2, 0.25) is 0 Å². The fraction of sp³-hybridized carbons (Fsp3) is 0.0556. The maximum Gasteiger partial charge on any atom is 0.410 e. The molecule has 0 aliphatic carbocycles. The molecule has 0 atom stereocenters. The summed E-state index contributed by atoms with van der Waals surface area (Å²) in [4.78, 5) is 19.4. The third-order valence-electron chi connectivity index (χ3n) is 4.03. The van der Waals surface area contributed by atoms with Gasteiger partial charge in [0.25, 0.3) is 0 Å². The van der Waals surface area contributed by atoms with E-state index in [0.29, 0.717) is 17.9 Å². The molecule has 7 heteroatoms. The van der Waals surface area contributed by atoms with E-state index in [1.807, 2.05) is 18.2 Å². The van der Waals surface area contributed by atoms with Gasteiger partial charge in [0.05, 0.1) is 17.9 Å². The summed E-state index contributed by atoms with van der Waals surface area (Å²) in [5.74, 6) is 0.340. The second-order valence-corrected chi connectivity index (χ2v) is 5.69. The molecule has 1 amide bonds. The molecule has 0 radical (unpaired) electrons. The van der Waals surface area contributed by atoms with Gasteiger partial charge in [0.15, 0.2) is 5.82 Å². The minimum atomic E-state index is -1.19. The van der Waals surface area contributed by atoms with Gasteiger partial charge in [0.1, 0.15) is 11.5 Å². The summed E-state index contributed by atoms with van der Waals surface area (Å²) in [5.41, 5.74) is 8.99. The Labute approximate surface area is 143 Å². The van der Waals surface area contributed by atoms with Crippen molar-refractivity contribution in [2.24, 2.45) is 4.99 Å². The third-order valence-corrected chi connectivity index (χ3v) is 4.03. The van der Waals surface area contributed by atoms with Crippen molar-refractivity contribution < 1.29 is 9.90 Å². The number of anilines is 3. The molecular weight excluding hydrogens is 318 g/mol. The minimum absolute atomic E-state index is 0.167. The Hall–Kier alpha value is -3.61. The predicted molar refractivity (Wildman–Crippen MR) is 98.9 cm³/mol. The summed E-state index contributed by atoms with van der Waals surface area (Å²) in [7, 11) is 0. The number of benzene rings is 2. The van der Waals surface area contributed by atoms with Crippen molar-refractivity contribution in [1.29, 1.82) is 0 Å². The third kappa shape index (κ3) is 2.83. The molecular formula is C18H15N5O2. The Morgan fingerprint density at radius 2 is 1.96 bits per heavy atom. The number of pyridine rings is 1. The number of amides is 1. The van der Waals surface area contributed by atoms with E-state index < -0.39 is 6.09 Å². The molecule has 4 rings (SSSR count). The highest BCUT2D eigenvalue weighted by Crippen LogP contribution is 2.35. The van der Waals surface area contributed by atoms with Crippen LogP contribution in [-0.4, -0.2) is 28.4 Å². The first kappa shape index (κ1) is 14.9. The highest BCUT2D eigenvalue weighted by Gasteiger charge is 2.18. The fourth-order valence-electron chi connectivity index (χ4n) is 2.87. The highest BCUT2D eigenvalue weighted by molar-refractivity contribution is 6.10. The van der Waals surface area contributed by atoms with E-state index in [0.717, 1.165) is 16.7 Å². The second-order valence-electron chi connectivity index (χ2n) is 5.69. The van der Waals surface area contributed by atoms with Crippen LogP contribution >= 0.6 is 0 Å². The van der Waals surface area contributed by atoms with Gasteiger partial charge in [0, 0.05) is 6.07 Å². The van der Waals surface area contributed by atoms with Gasteiger partial charge in [-0.1, -0.05) is 36.4 Å². The van der Waals surface area contributed by atoms with Crippen molar-refractivity contribution in [1.82, 2.24) is 4.98 Å². The van der Waals surface area contributed by atoms with Crippen LogP contribution in [0.5, 0.6) is 0 Å². The van der Waals surface area contributed by atoms with Crippen LogP contribution in [0, 0.1) is 0 Å². The van der Waals surface area contributed by atoms with Crippen LogP contribution in [0.1, 0.15) is 5.56 Å². The number of fused-ring (bicyclic) bond motifs is 2. The molecule has 1 aliphatic heterocycles. The SMILES string of the molecule is Nc1nc(NC(=O)O)cc2c1N=C(c1ccc3ccccc3c1)CN2. The molecule has 0 unspecified atom stereocenters. The maximum atomic E-state index is 10.8. The Bertz CT molecular complexity index is 1030. The first-order valence-electron chi connectivity index (χ1n) is 7.71. The highest BCUT2D eigenvalue weighted by atomic mass is 16.4. The molecule has 0 fully saturated rings. The molecule has 0 saturated heterocycles. The van der Waals surface area contributed by atoms with Gasteiger partial charge in [-0.25, -0.2) is 14.8 Å². The number of hydrogen-bond donors (Lipinski definition) is 4. The molecule has 124 valence electrons. The molecule has 1 aliphatic rings. The number of carboxylic acid groups (broad SMARTS) is 1. The van der Waals surface area contributed by atoms with Gasteiger partial charge in [-0.3, -0.25) is 5.32 Å². The lowest BCUT2D eigenvalue weighted by molar-refractivity contribution is 0.209. The summed E-state index contributed by atoms with van der Waals surface area (Å²) >= 11 is 0. The standard InChI is InChI=1S/C18H15N5O2/c19-17-16-13(8-15(22-17)23-18(24)25)20-9-14(21-16)12-6-5-10-3-1-2-4-11(10)7-12/h1-8,20H,9H2,(H,24,25)(H3,19,22,23). The van der Waals surface area contributed by atoms with E-state index in [4.69, 9.17) is 10.8 Å². The molecule has 7 nitrogen and oxygen atoms in total. The average molecular weight is 333 g/mol. The zero-order valence-electron chi connectivity index (χ0n) is 13.2. The normalized spacial score (nSPS) is 12.9. The quantitative estimate of drug-likeness (QED) is 0.574. The largest absolute Gasteiger partial charge is 0.465 e. The summed E-state index contributed by atoms with van der Waals surface area (Å²) < 4.78 is 0. The first-order valence-corrected chi connectivity index (χ1v) is 7.71. The Balaban J connectivity index is 1.74. The van der Waals surface area contributed by atoms with E-state index >= 15 is 0 Å². The lowest BCUT2D eigenvalue weighted by Gasteiger charge is -2.20. The van der Waals surface area contributed by atoms with Crippen LogP contribution in [0.25, 0.3) is 10.8 Å². The van der Waals surface area contributed by atoms with Crippen LogP contribution < -0.4 is 16.4 Å². The predicted octanol–water partition coefficient (Wildman–Crippen LogP) is 3.45. The van der Waals surface area contributed by atoms with Crippen molar-refractivity contribution in [3.05, 3.63) is 54.1 Å². The molecule has 0 saturated carbocycles. The minimum Gasteiger partial charge on any atom is -0.465 e. The Morgan fingerprint density at radius 3 is 2.76 bits per heavy atom. The number of nitrogens with two attached hydrogens (primary N) is 1. The van der Waals surface area contributed by atoms with Crippen molar-refractivity contribution in [2.45, 2.75) is 0 Å². The van der Waals surface area contributed by atoms with Crippen molar-refractivity contribution in [2.75, 3.05) is 22.9 Å². The van der Waals surface area contributed by atoms with Crippen molar-refractivity contribution >= 4 is 45.6 Å². The van der Waals surface area contributed by atoms with Gasteiger partial charge in [-0.05, 0) is 22.4 Å². The molecule has 0 bridgehead atoms. The summed E-state index contributed by atoms with van der Waals surface area (Å²) in [5, 5.41) is 16.5. The van der Waals surface area contributed by atoms with Crippen molar-refractivity contribution in [3.8, 4) is 0 Å². The summed E-state index contributed by atoms with van der Waals surface area (Å²) in [6.07, 6.45) is -1.19. The Morgan fingerprint density at radius 1 is 1.16 bits per heavy atom. The monoisotopic (exact) mass is 333 g/mol. The van der Waals surface area contributed by atoms with E-state index in [2.05, 4.69) is 44.9 Å². The number of aromatic nitrogens is 1. The first-order chi connectivity index (χ1) is 12.1. The molecule has 2 aromatic carbocycles. The summed E-state index contributed by atoms with van der Waals surface area (Å²) in [6, 6.07) is 15.9. The van der Waals surface area contributed by atoms with E-state index in [-0.39, 0.29) is 11.6 Å². The summed E-state index contributed by atoms with van der Waals surface area (Å²) in [6.45, 7) is 0.515. The fourth-order valence-corrected chi connectivity index (χ4v) is 2.87. The lowest BCUT2D eigenvalue weighted by Crippen LogP contribution is -2.20. The zero-order valence-corrected chi connectivity index (χ0v) is 13.2. The molecule has 1 aromatic heterocycles. The smallest absolute Gasteiger partial charge is 0.410 e. The van der Waals surface area contributed by atoms with Crippen LogP contribution in [-0.2, 0) is 0 Å². The zero-order chi connectivity index (χ0) is 17.4. The van der Waals surface area contributed by atoms with Crippen LogP contribution in [0.3, 0.4) is 0 Å². The van der Waals surface area contributed by atoms with E-state index in [1.165, 1.54) is 5.39 Å². The lowest BCUT2D eigenvalue weighted by atomic mass is 10.0. The van der Waals surface area contributed by atoms with Gasteiger partial charge < -0.3 is 16.2 Å². The number of nitrogens with one attached hydrogen (secondary N) is 2. The molecule has 5 N–H and O–H groups in total. The van der Waals surface area contributed by atoms with Gasteiger partial charge in [-0.2, -0.15) is 0 Å². The van der Waals surface area contributed by atoms with Gasteiger partial charge >= 0.3 is 6.09 Å². The Kier molecular flexibility index (Phi) is 3.46.